The van der Waals surface area contributed by atoms with Crippen LogP contribution in [0.25, 0.3) is 54.9 Å². The third-order valence-electron chi connectivity index (χ3n) is 16.0. The number of pyridine rings is 1. The van der Waals surface area contributed by atoms with E-state index in [0.29, 0.717) is 0 Å². The highest BCUT2D eigenvalue weighted by atomic mass is 15.0. The second kappa shape index (κ2) is 18.4. The van der Waals surface area contributed by atoms with Crippen LogP contribution in [0, 0.1) is 0 Å². The molecule has 0 radical (unpaired) electrons. The van der Waals surface area contributed by atoms with Crippen molar-refractivity contribution in [1.29, 1.82) is 0 Å². The molecule has 0 spiro atoms. The van der Waals surface area contributed by atoms with Gasteiger partial charge in [-0.05, 0) is 157 Å². The number of aromatic nitrogens is 1. The molecule has 342 valence electrons. The summed E-state index contributed by atoms with van der Waals surface area (Å²) < 4.78 is 0. The van der Waals surface area contributed by atoms with Gasteiger partial charge in [0, 0.05) is 29.3 Å². The lowest BCUT2D eigenvalue weighted by Gasteiger charge is -2.24. The largest absolute Gasteiger partial charge is 0.261 e. The molecule has 0 fully saturated rings. The SMILES string of the molecule is CC1c2cc3c(cc2-c2c(ccc4ccccc24)CC1c1ccccn1)-c1ccccc1C(c1ccc2c(C4=NC(c5ccc(-c6ccccc6)cc5)CCCC(c5ccccc5)=N4)cccc2c1)CC3. The second-order valence-electron chi connectivity index (χ2n) is 20.0. The number of rotatable bonds is 6. The molecule has 4 unspecified atom stereocenters. The molecule has 1 aromatic heterocycles. The van der Waals surface area contributed by atoms with Crippen molar-refractivity contribution in [3.05, 3.63) is 269 Å². The molecule has 0 saturated carbocycles. The van der Waals surface area contributed by atoms with Gasteiger partial charge in [-0.25, -0.2) is 4.99 Å². The Labute approximate surface area is 417 Å². The van der Waals surface area contributed by atoms with Crippen LogP contribution < -0.4 is 0 Å². The molecule has 2 heterocycles. The molecule has 71 heavy (non-hydrogen) atoms. The standard InChI is InChI=1S/C68H55N3/c1-44-60-41-52-36-37-54(57-23-10-11-24-58(57)62(52)43-63(60)67-53(34-31-47-18-8-9-22-56(47)67)42-61(44)66-26-12-13-39-69-66)51-35-38-55-50(40-51)21-14-25-59(55)68-70-64(48-19-6-3-7-20-48)27-15-28-65(71-68)49-32-29-46(30-33-49)45-16-4-2-5-17-45/h2-14,16-26,29-35,38-41,43-44,54,61,65H,15,27-28,36-37,42H2,1H3. The number of aliphatic imine (C=N–C) groups is 2. The van der Waals surface area contributed by atoms with Gasteiger partial charge in [-0.3, -0.25) is 9.98 Å². The van der Waals surface area contributed by atoms with Crippen LogP contribution in [0.15, 0.2) is 229 Å². The molecule has 10 aromatic rings. The highest BCUT2D eigenvalue weighted by Crippen LogP contribution is 2.51. The van der Waals surface area contributed by atoms with E-state index in [1.165, 1.54) is 94.0 Å². The minimum absolute atomic E-state index is 0.000623. The van der Waals surface area contributed by atoms with Crippen molar-refractivity contribution in [3.63, 3.8) is 0 Å². The van der Waals surface area contributed by atoms with Gasteiger partial charge in [-0.1, -0.05) is 201 Å². The Hall–Kier alpha value is -8.01. The van der Waals surface area contributed by atoms with Crippen molar-refractivity contribution in [2.45, 2.75) is 69.2 Å². The van der Waals surface area contributed by atoms with E-state index >= 15 is 0 Å². The van der Waals surface area contributed by atoms with Crippen LogP contribution in [0.2, 0.25) is 0 Å². The quantitative estimate of drug-likeness (QED) is 0.164. The molecule has 3 nitrogen and oxygen atoms in total. The Balaban J connectivity index is 0.902. The lowest BCUT2D eigenvalue weighted by molar-refractivity contribution is 0.564. The molecule has 3 heteroatoms. The first-order valence-electron chi connectivity index (χ1n) is 25.7. The number of fused-ring (bicyclic) bond motifs is 9. The Morgan fingerprint density at radius 3 is 2.04 bits per heavy atom. The van der Waals surface area contributed by atoms with Crippen molar-refractivity contribution in [2.75, 3.05) is 0 Å². The number of hydrogen-bond acceptors (Lipinski definition) is 3. The summed E-state index contributed by atoms with van der Waals surface area (Å²) in [6.07, 6.45) is 7.79. The fraction of sp³-hybridized carbons (Fsp3) is 0.162. The molecule has 9 aromatic carbocycles. The fourth-order valence-electron chi connectivity index (χ4n) is 12.3. The molecular formula is C68H55N3. The van der Waals surface area contributed by atoms with Gasteiger partial charge in [-0.2, -0.15) is 0 Å². The number of amidine groups is 1. The van der Waals surface area contributed by atoms with Crippen LogP contribution in [0.5, 0.6) is 0 Å². The molecule has 4 atom stereocenters. The van der Waals surface area contributed by atoms with Gasteiger partial charge >= 0.3 is 0 Å². The van der Waals surface area contributed by atoms with E-state index in [1.807, 2.05) is 12.3 Å². The van der Waals surface area contributed by atoms with Crippen molar-refractivity contribution in [1.82, 2.24) is 4.98 Å². The second-order valence-corrected chi connectivity index (χ2v) is 20.0. The first kappa shape index (κ1) is 43.0. The number of benzene rings is 9. The van der Waals surface area contributed by atoms with Crippen LogP contribution in [0.4, 0.5) is 0 Å². The smallest absolute Gasteiger partial charge is 0.156 e. The summed E-state index contributed by atoms with van der Waals surface area (Å²) in [5.74, 6) is 1.59. The highest BCUT2D eigenvalue weighted by Gasteiger charge is 2.33. The van der Waals surface area contributed by atoms with E-state index < -0.39 is 0 Å². The van der Waals surface area contributed by atoms with Crippen LogP contribution in [-0.4, -0.2) is 16.5 Å². The predicted molar refractivity (Wildman–Crippen MR) is 296 cm³/mol. The minimum atomic E-state index is 0.000623. The summed E-state index contributed by atoms with van der Waals surface area (Å²) in [5.41, 5.74) is 20.7. The van der Waals surface area contributed by atoms with Gasteiger partial charge in [-0.15, -0.1) is 0 Å². The predicted octanol–water partition coefficient (Wildman–Crippen LogP) is 17.1. The number of aryl methyl sites for hydroxylation is 1. The van der Waals surface area contributed by atoms with E-state index in [-0.39, 0.29) is 23.8 Å². The van der Waals surface area contributed by atoms with Gasteiger partial charge in [0.2, 0.25) is 0 Å². The highest BCUT2D eigenvalue weighted by molar-refractivity contribution is 6.17. The van der Waals surface area contributed by atoms with E-state index in [1.54, 1.807) is 0 Å². The summed E-state index contributed by atoms with van der Waals surface area (Å²) in [6, 6.07) is 78.7. The molecule has 1 aliphatic heterocycles. The Morgan fingerprint density at radius 2 is 1.20 bits per heavy atom. The maximum Gasteiger partial charge on any atom is 0.156 e. The third kappa shape index (κ3) is 8.00. The van der Waals surface area contributed by atoms with Gasteiger partial charge in [0.15, 0.2) is 5.84 Å². The molecule has 0 N–H and O–H groups in total. The van der Waals surface area contributed by atoms with Crippen molar-refractivity contribution < 1.29 is 0 Å². The maximum absolute atomic E-state index is 5.60. The molecule has 3 aliphatic rings. The molecule has 2 aliphatic carbocycles. The fourth-order valence-corrected chi connectivity index (χ4v) is 12.3. The van der Waals surface area contributed by atoms with E-state index in [2.05, 4.69) is 213 Å². The topological polar surface area (TPSA) is 37.6 Å². The van der Waals surface area contributed by atoms with Crippen LogP contribution >= 0.6 is 0 Å². The number of nitrogens with zero attached hydrogens (tertiary/aromatic N) is 3. The van der Waals surface area contributed by atoms with Crippen LogP contribution in [0.1, 0.15) is 107 Å². The Morgan fingerprint density at radius 1 is 0.465 bits per heavy atom. The summed E-state index contributed by atoms with van der Waals surface area (Å²) in [7, 11) is 0. The van der Waals surface area contributed by atoms with Crippen molar-refractivity contribution in [3.8, 4) is 33.4 Å². The van der Waals surface area contributed by atoms with E-state index in [9.17, 15) is 0 Å². The average molecular weight is 914 g/mol. The number of hydrogen-bond donors (Lipinski definition) is 0. The molecule has 13 rings (SSSR count). The Bertz CT molecular complexity index is 3670. The summed E-state index contributed by atoms with van der Waals surface area (Å²) in [6.45, 7) is 2.44. The van der Waals surface area contributed by atoms with Crippen molar-refractivity contribution >= 4 is 33.1 Å². The first-order chi connectivity index (χ1) is 35.1. The van der Waals surface area contributed by atoms with Crippen LogP contribution in [-0.2, 0) is 12.8 Å². The monoisotopic (exact) mass is 913 g/mol. The normalized spacial score (nSPS) is 18.6. The first-order valence-corrected chi connectivity index (χ1v) is 25.7. The third-order valence-corrected chi connectivity index (χ3v) is 16.0. The minimum Gasteiger partial charge on any atom is -0.261 e. The van der Waals surface area contributed by atoms with Gasteiger partial charge in [0.25, 0.3) is 0 Å². The zero-order chi connectivity index (χ0) is 47.3. The maximum atomic E-state index is 5.60. The zero-order valence-electron chi connectivity index (χ0n) is 40.2. The zero-order valence-corrected chi connectivity index (χ0v) is 40.2. The molecule has 0 amide bonds. The van der Waals surface area contributed by atoms with Gasteiger partial charge in [0.05, 0.1) is 11.8 Å². The van der Waals surface area contributed by atoms with Gasteiger partial charge in [0.1, 0.15) is 0 Å². The summed E-state index contributed by atoms with van der Waals surface area (Å²) >= 11 is 0. The lowest BCUT2D eigenvalue weighted by Crippen LogP contribution is -2.13. The van der Waals surface area contributed by atoms with E-state index in [4.69, 9.17) is 15.0 Å². The van der Waals surface area contributed by atoms with Crippen molar-refractivity contribution in [2.24, 2.45) is 9.98 Å². The molecule has 0 bridgehead atoms. The molecular weight excluding hydrogens is 859 g/mol. The average Bonchev–Trinajstić information content (AvgIpc) is 3.66. The van der Waals surface area contributed by atoms with Crippen LogP contribution in [0.3, 0.4) is 0 Å². The Kier molecular flexibility index (Phi) is 11.1. The summed E-state index contributed by atoms with van der Waals surface area (Å²) in [5, 5.41) is 5.01. The van der Waals surface area contributed by atoms with E-state index in [0.717, 1.165) is 61.2 Å². The lowest BCUT2D eigenvalue weighted by atomic mass is 9.80. The van der Waals surface area contributed by atoms with Gasteiger partial charge < -0.3 is 0 Å². The summed E-state index contributed by atoms with van der Waals surface area (Å²) in [4.78, 5) is 16.1. The molecule has 0 saturated heterocycles.